The van der Waals surface area contributed by atoms with E-state index in [2.05, 4.69) is 25.5 Å². The van der Waals surface area contributed by atoms with Crippen molar-refractivity contribution >= 4 is 5.91 Å². The average Bonchev–Trinajstić information content (AvgIpc) is 3.12. The van der Waals surface area contributed by atoms with Crippen LogP contribution in [0.25, 0.3) is 11.3 Å². The average molecular weight is 337 g/mol. The zero-order chi connectivity index (χ0) is 17.6. The molecular formula is C18H19N5O2. The maximum absolute atomic E-state index is 12.6. The Bertz CT molecular complexity index is 847. The first-order valence-corrected chi connectivity index (χ1v) is 7.91. The second-order valence-electron chi connectivity index (χ2n) is 5.67. The van der Waals surface area contributed by atoms with Crippen LogP contribution in [0.4, 0.5) is 0 Å². The van der Waals surface area contributed by atoms with E-state index in [0.717, 1.165) is 17.0 Å². The highest BCUT2D eigenvalue weighted by Crippen LogP contribution is 2.25. The van der Waals surface area contributed by atoms with E-state index in [-0.39, 0.29) is 11.9 Å². The van der Waals surface area contributed by atoms with E-state index in [0.29, 0.717) is 17.7 Å². The lowest BCUT2D eigenvalue weighted by atomic mass is 10.1. The minimum atomic E-state index is -0.192. The van der Waals surface area contributed by atoms with Crippen molar-refractivity contribution in [2.24, 2.45) is 0 Å². The number of hydrogen-bond donors (Lipinski definition) is 2. The molecule has 0 spiro atoms. The Morgan fingerprint density at radius 3 is 2.96 bits per heavy atom. The summed E-state index contributed by atoms with van der Waals surface area (Å²) in [6.07, 6.45) is 7.09. The molecule has 1 unspecified atom stereocenters. The molecule has 1 atom stereocenters. The summed E-state index contributed by atoms with van der Waals surface area (Å²) in [7, 11) is 1.61. The molecule has 0 aliphatic heterocycles. The van der Waals surface area contributed by atoms with E-state index < -0.39 is 0 Å². The van der Waals surface area contributed by atoms with Crippen LogP contribution in [0.5, 0.6) is 5.75 Å². The van der Waals surface area contributed by atoms with Crippen molar-refractivity contribution in [3.05, 3.63) is 60.3 Å². The highest BCUT2D eigenvalue weighted by molar-refractivity contribution is 5.99. The summed E-state index contributed by atoms with van der Waals surface area (Å²) in [6, 6.07) is 7.39. The summed E-state index contributed by atoms with van der Waals surface area (Å²) in [5.41, 5.74) is 2.81. The Morgan fingerprint density at radius 1 is 1.32 bits per heavy atom. The van der Waals surface area contributed by atoms with Crippen molar-refractivity contribution < 1.29 is 9.53 Å². The fourth-order valence-corrected chi connectivity index (χ4v) is 2.56. The highest BCUT2D eigenvalue weighted by Gasteiger charge is 2.18. The smallest absolute Gasteiger partial charge is 0.255 e. The van der Waals surface area contributed by atoms with Crippen LogP contribution >= 0.6 is 0 Å². The van der Waals surface area contributed by atoms with Crippen LogP contribution in [0.3, 0.4) is 0 Å². The summed E-state index contributed by atoms with van der Waals surface area (Å²) in [5, 5.41) is 9.88. The number of carbonyl (C=O) groups is 1. The van der Waals surface area contributed by atoms with E-state index in [9.17, 15) is 4.79 Å². The predicted molar refractivity (Wildman–Crippen MR) is 93.2 cm³/mol. The lowest BCUT2D eigenvalue weighted by molar-refractivity contribution is 0.0940. The molecule has 1 amide bonds. The molecule has 0 bridgehead atoms. The van der Waals surface area contributed by atoms with Crippen LogP contribution < -0.4 is 10.1 Å². The zero-order valence-corrected chi connectivity index (χ0v) is 14.1. The molecule has 3 rings (SSSR count). The number of ether oxygens (including phenoxy) is 1. The van der Waals surface area contributed by atoms with E-state index in [1.165, 1.54) is 6.20 Å². The van der Waals surface area contributed by atoms with E-state index >= 15 is 0 Å². The topological polar surface area (TPSA) is 92.8 Å². The van der Waals surface area contributed by atoms with Gasteiger partial charge in [-0.15, -0.1) is 0 Å². The predicted octanol–water partition coefficient (Wildman–Crippen LogP) is 2.24. The molecule has 7 nitrogen and oxygen atoms in total. The standard InChI is InChI=1S/C18H19N5O2/c1-12(8-14-10-19-6-7-20-14)22-18(24)16-11-21-23-17(16)13-4-3-5-15(9-13)25-2/h3-7,9-12H,8H2,1-2H3,(H,21,23)(H,22,24). The molecule has 25 heavy (non-hydrogen) atoms. The quantitative estimate of drug-likeness (QED) is 0.719. The van der Waals surface area contributed by atoms with Gasteiger partial charge in [0.15, 0.2) is 0 Å². The molecule has 2 heterocycles. The van der Waals surface area contributed by atoms with E-state index in [1.807, 2.05) is 31.2 Å². The van der Waals surface area contributed by atoms with Gasteiger partial charge < -0.3 is 10.1 Å². The number of rotatable bonds is 6. The van der Waals surface area contributed by atoms with Crippen molar-refractivity contribution in [2.75, 3.05) is 7.11 Å². The number of nitrogens with one attached hydrogen (secondary N) is 2. The van der Waals surface area contributed by atoms with Crippen molar-refractivity contribution in [3.8, 4) is 17.0 Å². The summed E-state index contributed by atoms with van der Waals surface area (Å²) in [4.78, 5) is 20.9. The molecule has 3 aromatic rings. The largest absolute Gasteiger partial charge is 0.497 e. The molecule has 0 aliphatic rings. The fourth-order valence-electron chi connectivity index (χ4n) is 2.56. The second kappa shape index (κ2) is 7.57. The number of aromatic nitrogens is 4. The Balaban J connectivity index is 1.74. The zero-order valence-electron chi connectivity index (χ0n) is 14.1. The molecule has 1 aromatic carbocycles. The van der Waals surface area contributed by atoms with Crippen molar-refractivity contribution in [1.82, 2.24) is 25.5 Å². The molecule has 0 aliphatic carbocycles. The van der Waals surface area contributed by atoms with Gasteiger partial charge in [0.2, 0.25) is 0 Å². The summed E-state index contributed by atoms with van der Waals surface area (Å²) >= 11 is 0. The Kier molecular flexibility index (Phi) is 5.03. The second-order valence-corrected chi connectivity index (χ2v) is 5.67. The van der Waals surface area contributed by atoms with Gasteiger partial charge in [0.05, 0.1) is 30.3 Å². The van der Waals surface area contributed by atoms with Gasteiger partial charge in [0, 0.05) is 36.6 Å². The third kappa shape index (κ3) is 4.00. The SMILES string of the molecule is COc1cccc(-c2[nH]ncc2C(=O)NC(C)Cc2cnccn2)c1. The first-order valence-electron chi connectivity index (χ1n) is 7.91. The van der Waals surface area contributed by atoms with Gasteiger partial charge in [-0.25, -0.2) is 0 Å². The lowest BCUT2D eigenvalue weighted by Crippen LogP contribution is -2.34. The van der Waals surface area contributed by atoms with Crippen LogP contribution in [-0.2, 0) is 6.42 Å². The van der Waals surface area contributed by atoms with Crippen LogP contribution in [-0.4, -0.2) is 39.2 Å². The molecule has 7 heteroatoms. The van der Waals surface area contributed by atoms with Crippen molar-refractivity contribution in [2.45, 2.75) is 19.4 Å². The first-order chi connectivity index (χ1) is 12.2. The number of benzene rings is 1. The van der Waals surface area contributed by atoms with Crippen LogP contribution in [0.1, 0.15) is 23.0 Å². The summed E-state index contributed by atoms with van der Waals surface area (Å²) in [5.74, 6) is 0.525. The molecule has 0 saturated heterocycles. The summed E-state index contributed by atoms with van der Waals surface area (Å²) < 4.78 is 5.24. The normalized spacial score (nSPS) is 11.8. The number of methoxy groups -OCH3 is 1. The number of aromatic amines is 1. The third-order valence-corrected chi connectivity index (χ3v) is 3.75. The number of H-pyrrole nitrogens is 1. The molecule has 128 valence electrons. The van der Waals surface area contributed by atoms with Crippen molar-refractivity contribution in [3.63, 3.8) is 0 Å². The summed E-state index contributed by atoms with van der Waals surface area (Å²) in [6.45, 7) is 1.93. The number of hydrogen-bond acceptors (Lipinski definition) is 5. The third-order valence-electron chi connectivity index (χ3n) is 3.75. The molecule has 2 aromatic heterocycles. The van der Waals surface area contributed by atoms with Gasteiger partial charge >= 0.3 is 0 Å². The minimum Gasteiger partial charge on any atom is -0.497 e. The number of amides is 1. The maximum Gasteiger partial charge on any atom is 0.255 e. The van der Waals surface area contributed by atoms with Gasteiger partial charge in [0.1, 0.15) is 5.75 Å². The number of carbonyl (C=O) groups excluding carboxylic acids is 1. The monoisotopic (exact) mass is 337 g/mol. The highest BCUT2D eigenvalue weighted by atomic mass is 16.5. The molecule has 0 saturated carbocycles. The van der Waals surface area contributed by atoms with Crippen LogP contribution in [0, 0.1) is 0 Å². The van der Waals surface area contributed by atoms with Gasteiger partial charge in [-0.1, -0.05) is 12.1 Å². The van der Waals surface area contributed by atoms with Crippen LogP contribution in [0.15, 0.2) is 49.1 Å². The number of nitrogens with zero attached hydrogens (tertiary/aromatic N) is 3. The van der Waals surface area contributed by atoms with Gasteiger partial charge in [0.25, 0.3) is 5.91 Å². The van der Waals surface area contributed by atoms with Gasteiger partial charge in [-0.3, -0.25) is 19.9 Å². The molecule has 0 radical (unpaired) electrons. The minimum absolute atomic E-state index is 0.0859. The maximum atomic E-state index is 12.6. The fraction of sp³-hybridized carbons (Fsp3) is 0.222. The van der Waals surface area contributed by atoms with Gasteiger partial charge in [-0.05, 0) is 19.1 Å². The molecule has 2 N–H and O–H groups in total. The van der Waals surface area contributed by atoms with Gasteiger partial charge in [-0.2, -0.15) is 5.10 Å². The van der Waals surface area contributed by atoms with E-state index in [1.54, 1.807) is 25.7 Å². The Labute approximate surface area is 145 Å². The molecular weight excluding hydrogens is 318 g/mol. The van der Waals surface area contributed by atoms with Crippen LogP contribution in [0.2, 0.25) is 0 Å². The molecule has 0 fully saturated rings. The Hall–Kier alpha value is -3.22. The van der Waals surface area contributed by atoms with E-state index in [4.69, 9.17) is 4.74 Å². The first kappa shape index (κ1) is 16.6. The lowest BCUT2D eigenvalue weighted by Gasteiger charge is -2.13. The van der Waals surface area contributed by atoms with Crippen molar-refractivity contribution in [1.29, 1.82) is 0 Å². The Morgan fingerprint density at radius 2 is 2.20 bits per heavy atom.